The van der Waals surface area contributed by atoms with Gasteiger partial charge in [-0.3, -0.25) is 9.36 Å². The number of hydrogen-bond acceptors (Lipinski definition) is 8. The first kappa shape index (κ1) is 24.4. The van der Waals surface area contributed by atoms with Gasteiger partial charge in [0, 0.05) is 61.8 Å². The maximum Gasteiger partial charge on any atom is 0.177 e. The van der Waals surface area contributed by atoms with Crippen LogP contribution in [-0.4, -0.2) is 76.3 Å². The Labute approximate surface area is 231 Å². The smallest absolute Gasteiger partial charge is 0.177 e. The number of likely N-dealkylation sites (tertiary alicyclic amines) is 1. The normalized spacial score (nSPS) is 15.8. The fourth-order valence-corrected chi connectivity index (χ4v) is 5.33. The summed E-state index contributed by atoms with van der Waals surface area (Å²) in [5.74, 6) is 1.63. The molecule has 1 aromatic carbocycles. The van der Waals surface area contributed by atoms with E-state index in [9.17, 15) is 0 Å². The van der Waals surface area contributed by atoms with E-state index in [1.54, 1.807) is 10.9 Å². The van der Waals surface area contributed by atoms with Gasteiger partial charge in [0.05, 0.1) is 24.6 Å². The molecule has 7 rings (SSSR count). The zero-order chi connectivity index (χ0) is 26.9. The first-order valence-corrected chi connectivity index (χ1v) is 13.7. The van der Waals surface area contributed by atoms with Crippen LogP contribution in [0.15, 0.2) is 72.4 Å². The molecule has 1 fully saturated rings. The summed E-state index contributed by atoms with van der Waals surface area (Å²) in [5.41, 5.74) is 6.89. The summed E-state index contributed by atoms with van der Waals surface area (Å²) in [7, 11) is 1.90. The van der Waals surface area contributed by atoms with Crippen LogP contribution >= 0.6 is 0 Å². The molecule has 0 bridgehead atoms. The molecule has 0 amide bonds. The Balaban J connectivity index is 1.06. The number of nitrogens with one attached hydrogen (secondary N) is 1. The summed E-state index contributed by atoms with van der Waals surface area (Å²) in [4.78, 5) is 7.26. The van der Waals surface area contributed by atoms with Crippen LogP contribution in [0.3, 0.4) is 0 Å². The molecule has 0 aliphatic carbocycles. The van der Waals surface area contributed by atoms with Crippen molar-refractivity contribution in [1.82, 2.24) is 49.6 Å². The molecule has 0 atom stereocenters. The highest BCUT2D eigenvalue weighted by atomic mass is 15.4. The van der Waals surface area contributed by atoms with Gasteiger partial charge in [-0.25, -0.2) is 4.99 Å². The number of fused-ring (bicyclic) bond motifs is 1. The Morgan fingerprint density at radius 3 is 2.62 bits per heavy atom. The van der Waals surface area contributed by atoms with Crippen LogP contribution in [0.25, 0.3) is 22.5 Å². The Morgan fingerprint density at radius 1 is 0.900 bits per heavy atom. The van der Waals surface area contributed by atoms with Gasteiger partial charge >= 0.3 is 0 Å². The standard InChI is InChI=1S/C29H31N11/c1-37-19-25(18-32-37)26-7-8-27-34-35-28(40(27)36-26)14-21-5-4-6-22(13-21)29-30-15-23(16-31-29)24-17-33-39(20-24)12-11-38-9-2-3-10-38/h4-8,13,15,17-20H,2-3,9-12,14,16H2,1H3,(H,30,31). The highest BCUT2D eigenvalue weighted by molar-refractivity contribution is 6.01. The first-order chi connectivity index (χ1) is 19.7. The van der Waals surface area contributed by atoms with Crippen LogP contribution in [0.4, 0.5) is 0 Å². The van der Waals surface area contributed by atoms with E-state index in [0.29, 0.717) is 18.6 Å². The monoisotopic (exact) mass is 533 g/mol. The molecule has 11 heteroatoms. The minimum atomic E-state index is 0.601. The predicted octanol–water partition coefficient (Wildman–Crippen LogP) is 2.80. The Hall–Kier alpha value is -4.64. The van der Waals surface area contributed by atoms with Crippen LogP contribution in [0.1, 0.15) is 35.4 Å². The van der Waals surface area contributed by atoms with Crippen LogP contribution in [0.5, 0.6) is 0 Å². The van der Waals surface area contributed by atoms with E-state index in [4.69, 9.17) is 10.1 Å². The summed E-state index contributed by atoms with van der Waals surface area (Å²) < 4.78 is 5.62. The van der Waals surface area contributed by atoms with Crippen molar-refractivity contribution >= 4 is 17.1 Å². The van der Waals surface area contributed by atoms with Crippen molar-refractivity contribution in [3.05, 3.63) is 89.9 Å². The minimum absolute atomic E-state index is 0.601. The van der Waals surface area contributed by atoms with Crippen molar-refractivity contribution in [3.63, 3.8) is 0 Å². The van der Waals surface area contributed by atoms with E-state index in [1.807, 2.05) is 47.0 Å². The molecular formula is C29H31N11. The highest BCUT2D eigenvalue weighted by Gasteiger charge is 2.16. The number of aryl methyl sites for hydroxylation is 1. The summed E-state index contributed by atoms with van der Waals surface area (Å²) in [5, 5.41) is 25.8. The summed E-state index contributed by atoms with van der Waals surface area (Å²) >= 11 is 0. The van der Waals surface area contributed by atoms with Crippen LogP contribution in [-0.2, 0) is 20.0 Å². The van der Waals surface area contributed by atoms with E-state index in [0.717, 1.165) is 58.3 Å². The van der Waals surface area contributed by atoms with E-state index in [2.05, 4.69) is 61.1 Å². The average Bonchev–Trinajstić information content (AvgIpc) is 3.81. The molecule has 40 heavy (non-hydrogen) atoms. The number of nitrogens with zero attached hydrogens (tertiary/aromatic N) is 10. The lowest BCUT2D eigenvalue weighted by Crippen LogP contribution is -2.28. The molecule has 2 aliphatic rings. The van der Waals surface area contributed by atoms with Crippen molar-refractivity contribution < 1.29 is 0 Å². The quantitative estimate of drug-likeness (QED) is 0.327. The average molecular weight is 534 g/mol. The third kappa shape index (κ3) is 5.03. The molecule has 5 aromatic rings. The second-order valence-corrected chi connectivity index (χ2v) is 10.4. The topological polar surface area (TPSA) is 106 Å². The van der Waals surface area contributed by atoms with Gasteiger partial charge in [-0.05, 0) is 55.3 Å². The molecule has 1 N–H and O–H groups in total. The molecule has 0 spiro atoms. The van der Waals surface area contributed by atoms with Gasteiger partial charge in [-0.1, -0.05) is 18.2 Å². The second kappa shape index (κ2) is 10.5. The SMILES string of the molecule is Cn1cc(-c2ccc3nnc(Cc4cccc(C5=NC=C(c6cnn(CCN7CCCC7)c6)CN5)c4)n3n2)cn1. The number of amidine groups is 1. The lowest BCUT2D eigenvalue weighted by atomic mass is 10.1. The van der Waals surface area contributed by atoms with Gasteiger partial charge in [0.2, 0.25) is 0 Å². The van der Waals surface area contributed by atoms with Crippen LogP contribution in [0.2, 0.25) is 0 Å². The van der Waals surface area contributed by atoms with Crippen molar-refractivity contribution in [2.75, 3.05) is 26.2 Å². The number of aromatic nitrogens is 8. The zero-order valence-corrected chi connectivity index (χ0v) is 22.5. The van der Waals surface area contributed by atoms with Gasteiger partial charge in [-0.2, -0.15) is 19.8 Å². The van der Waals surface area contributed by atoms with Crippen molar-refractivity contribution in [1.29, 1.82) is 0 Å². The van der Waals surface area contributed by atoms with Gasteiger partial charge in [0.1, 0.15) is 5.84 Å². The molecule has 0 radical (unpaired) electrons. The predicted molar refractivity (Wildman–Crippen MR) is 153 cm³/mol. The van der Waals surface area contributed by atoms with Crippen molar-refractivity contribution in [2.24, 2.45) is 12.0 Å². The van der Waals surface area contributed by atoms with Crippen molar-refractivity contribution in [3.8, 4) is 11.3 Å². The van der Waals surface area contributed by atoms with E-state index < -0.39 is 0 Å². The van der Waals surface area contributed by atoms with Gasteiger partial charge in [-0.15, -0.1) is 10.2 Å². The Bertz CT molecular complexity index is 1710. The van der Waals surface area contributed by atoms with Gasteiger partial charge in [0.15, 0.2) is 11.5 Å². The molecule has 1 saturated heterocycles. The number of aliphatic imine (C=N–C) groups is 1. The van der Waals surface area contributed by atoms with Gasteiger partial charge in [0.25, 0.3) is 0 Å². The molecule has 4 aromatic heterocycles. The van der Waals surface area contributed by atoms with E-state index in [-0.39, 0.29) is 0 Å². The molecule has 11 nitrogen and oxygen atoms in total. The number of rotatable bonds is 8. The van der Waals surface area contributed by atoms with Gasteiger partial charge < -0.3 is 10.2 Å². The fourth-order valence-electron chi connectivity index (χ4n) is 5.33. The third-order valence-corrected chi connectivity index (χ3v) is 7.53. The first-order valence-electron chi connectivity index (χ1n) is 13.7. The lowest BCUT2D eigenvalue weighted by Gasteiger charge is -2.16. The highest BCUT2D eigenvalue weighted by Crippen LogP contribution is 2.20. The maximum atomic E-state index is 4.78. The molecule has 0 saturated carbocycles. The molecule has 6 heterocycles. The van der Waals surface area contributed by atoms with Crippen molar-refractivity contribution in [2.45, 2.75) is 25.8 Å². The second-order valence-electron chi connectivity index (χ2n) is 10.4. The maximum absolute atomic E-state index is 4.78. The third-order valence-electron chi connectivity index (χ3n) is 7.53. The van der Waals surface area contributed by atoms with Crippen LogP contribution in [0, 0.1) is 0 Å². The zero-order valence-electron chi connectivity index (χ0n) is 22.5. The molecular weight excluding hydrogens is 502 g/mol. The molecule has 0 unspecified atom stereocenters. The Kier molecular flexibility index (Phi) is 6.40. The van der Waals surface area contributed by atoms with E-state index >= 15 is 0 Å². The Morgan fingerprint density at radius 2 is 1.80 bits per heavy atom. The number of hydrogen-bond donors (Lipinski definition) is 1. The fraction of sp³-hybridized carbons (Fsp3) is 0.310. The number of benzene rings is 1. The van der Waals surface area contributed by atoms with E-state index in [1.165, 1.54) is 25.9 Å². The summed E-state index contributed by atoms with van der Waals surface area (Å²) in [6.45, 7) is 5.10. The lowest BCUT2D eigenvalue weighted by molar-refractivity contribution is 0.316. The summed E-state index contributed by atoms with van der Waals surface area (Å²) in [6.07, 6.45) is 13.0. The summed E-state index contributed by atoms with van der Waals surface area (Å²) in [6, 6.07) is 12.2. The van der Waals surface area contributed by atoms with Crippen LogP contribution < -0.4 is 5.32 Å². The molecule has 202 valence electrons. The molecule has 2 aliphatic heterocycles. The largest absolute Gasteiger partial charge is 0.365 e. The minimum Gasteiger partial charge on any atom is -0.365 e.